The standard InChI is InChI=1S/C11H13BrFNO2/c1-11(2,16)6-14-10(15)7-3-4-8(12)9(13)5-7/h3-5,16H,6H2,1-2H3,(H,14,15). The first kappa shape index (κ1) is 13.1. The molecule has 0 unspecified atom stereocenters. The number of amides is 1. The molecule has 0 spiro atoms. The van der Waals surface area contributed by atoms with Crippen LogP contribution in [-0.4, -0.2) is 23.2 Å². The molecule has 2 N–H and O–H groups in total. The van der Waals surface area contributed by atoms with Crippen molar-refractivity contribution in [1.29, 1.82) is 0 Å². The predicted molar refractivity (Wildman–Crippen MR) is 62.7 cm³/mol. The Labute approximate surface area is 102 Å². The maximum Gasteiger partial charge on any atom is 0.251 e. The number of halogens is 2. The Morgan fingerprint density at radius 2 is 2.19 bits per heavy atom. The Balaban J connectivity index is 2.70. The zero-order valence-electron chi connectivity index (χ0n) is 9.05. The molecule has 1 aromatic rings. The molecular weight excluding hydrogens is 277 g/mol. The SMILES string of the molecule is CC(C)(O)CNC(=O)c1ccc(Br)c(F)c1. The van der Waals surface area contributed by atoms with E-state index in [9.17, 15) is 14.3 Å². The van der Waals surface area contributed by atoms with Gasteiger partial charge >= 0.3 is 0 Å². The first-order valence-corrected chi connectivity index (χ1v) is 5.54. The van der Waals surface area contributed by atoms with Crippen molar-refractivity contribution in [1.82, 2.24) is 5.32 Å². The summed E-state index contributed by atoms with van der Waals surface area (Å²) in [5.41, 5.74) is -0.756. The summed E-state index contributed by atoms with van der Waals surface area (Å²) in [5, 5.41) is 11.9. The van der Waals surface area contributed by atoms with Crippen LogP contribution < -0.4 is 5.32 Å². The lowest BCUT2D eigenvalue weighted by molar-refractivity contribution is 0.0694. The molecule has 0 radical (unpaired) electrons. The number of carbonyl (C=O) groups excluding carboxylic acids is 1. The molecular formula is C11H13BrFNO2. The van der Waals surface area contributed by atoms with Gasteiger partial charge in [0.25, 0.3) is 5.91 Å². The average molecular weight is 290 g/mol. The number of hydrogen-bond acceptors (Lipinski definition) is 2. The maximum absolute atomic E-state index is 13.1. The van der Waals surface area contributed by atoms with E-state index in [0.717, 1.165) is 6.07 Å². The van der Waals surface area contributed by atoms with Crippen molar-refractivity contribution in [3.63, 3.8) is 0 Å². The monoisotopic (exact) mass is 289 g/mol. The Morgan fingerprint density at radius 3 is 2.69 bits per heavy atom. The molecule has 0 saturated heterocycles. The molecule has 88 valence electrons. The van der Waals surface area contributed by atoms with Crippen molar-refractivity contribution in [3.8, 4) is 0 Å². The van der Waals surface area contributed by atoms with E-state index in [-0.39, 0.29) is 12.1 Å². The Bertz CT molecular complexity index is 401. The minimum Gasteiger partial charge on any atom is -0.389 e. The molecule has 1 rings (SSSR count). The molecule has 0 fully saturated rings. The van der Waals surface area contributed by atoms with Crippen molar-refractivity contribution in [2.45, 2.75) is 19.4 Å². The van der Waals surface area contributed by atoms with E-state index in [4.69, 9.17) is 0 Å². The molecule has 5 heteroatoms. The van der Waals surface area contributed by atoms with Gasteiger partial charge in [-0.1, -0.05) is 0 Å². The first-order valence-electron chi connectivity index (χ1n) is 4.75. The van der Waals surface area contributed by atoms with Crippen LogP contribution in [0.3, 0.4) is 0 Å². The summed E-state index contributed by atoms with van der Waals surface area (Å²) in [6.07, 6.45) is 0. The van der Waals surface area contributed by atoms with Crippen molar-refractivity contribution >= 4 is 21.8 Å². The van der Waals surface area contributed by atoms with Gasteiger partial charge in [0.1, 0.15) is 5.82 Å². The Morgan fingerprint density at radius 1 is 1.56 bits per heavy atom. The summed E-state index contributed by atoms with van der Waals surface area (Å²) >= 11 is 3.00. The normalized spacial score (nSPS) is 11.3. The highest BCUT2D eigenvalue weighted by atomic mass is 79.9. The van der Waals surface area contributed by atoms with Gasteiger partial charge in [-0.3, -0.25) is 4.79 Å². The van der Waals surface area contributed by atoms with Crippen LogP contribution in [0.4, 0.5) is 4.39 Å². The molecule has 0 aliphatic heterocycles. The van der Waals surface area contributed by atoms with Crippen LogP contribution in [0.5, 0.6) is 0 Å². The van der Waals surface area contributed by atoms with Gasteiger partial charge in [0.15, 0.2) is 0 Å². The lowest BCUT2D eigenvalue weighted by Crippen LogP contribution is -2.38. The molecule has 0 aromatic heterocycles. The smallest absolute Gasteiger partial charge is 0.251 e. The zero-order valence-corrected chi connectivity index (χ0v) is 10.6. The number of aliphatic hydroxyl groups is 1. The van der Waals surface area contributed by atoms with Crippen LogP contribution in [0, 0.1) is 5.82 Å². The van der Waals surface area contributed by atoms with Gasteiger partial charge < -0.3 is 10.4 Å². The van der Waals surface area contributed by atoms with Crippen LogP contribution >= 0.6 is 15.9 Å². The van der Waals surface area contributed by atoms with E-state index in [1.54, 1.807) is 13.8 Å². The Kier molecular flexibility index (Phi) is 4.04. The second kappa shape index (κ2) is 4.93. The van der Waals surface area contributed by atoms with Crippen molar-refractivity contribution in [2.75, 3.05) is 6.54 Å². The van der Waals surface area contributed by atoms with E-state index in [2.05, 4.69) is 21.2 Å². The molecule has 1 aromatic carbocycles. The van der Waals surface area contributed by atoms with Crippen molar-refractivity contribution in [3.05, 3.63) is 34.1 Å². The lowest BCUT2D eigenvalue weighted by atomic mass is 10.1. The fourth-order valence-corrected chi connectivity index (χ4v) is 1.28. The number of nitrogens with one attached hydrogen (secondary N) is 1. The average Bonchev–Trinajstić information content (AvgIpc) is 2.17. The molecule has 0 saturated carbocycles. The highest BCUT2D eigenvalue weighted by Gasteiger charge is 2.15. The van der Waals surface area contributed by atoms with Gasteiger partial charge in [-0.25, -0.2) is 4.39 Å². The maximum atomic E-state index is 13.1. The highest BCUT2D eigenvalue weighted by Crippen LogP contribution is 2.16. The zero-order chi connectivity index (χ0) is 12.3. The van der Waals surface area contributed by atoms with Crippen LogP contribution in [-0.2, 0) is 0 Å². The van der Waals surface area contributed by atoms with Crippen molar-refractivity contribution < 1.29 is 14.3 Å². The number of carbonyl (C=O) groups is 1. The fourth-order valence-electron chi connectivity index (χ4n) is 1.04. The molecule has 1 amide bonds. The van der Waals surface area contributed by atoms with E-state index in [1.165, 1.54) is 12.1 Å². The minimum atomic E-state index is -0.983. The summed E-state index contributed by atoms with van der Waals surface area (Å²) in [7, 11) is 0. The van der Waals surface area contributed by atoms with Crippen LogP contribution in [0.15, 0.2) is 22.7 Å². The summed E-state index contributed by atoms with van der Waals surface area (Å²) in [4.78, 5) is 11.6. The second-order valence-electron chi connectivity index (χ2n) is 4.12. The molecule has 0 aliphatic rings. The summed E-state index contributed by atoms with van der Waals surface area (Å²) in [6, 6.07) is 4.12. The minimum absolute atomic E-state index is 0.115. The van der Waals surface area contributed by atoms with Crippen LogP contribution in [0.1, 0.15) is 24.2 Å². The van der Waals surface area contributed by atoms with E-state index in [0.29, 0.717) is 4.47 Å². The molecule has 0 atom stereocenters. The van der Waals surface area contributed by atoms with Gasteiger partial charge in [-0.2, -0.15) is 0 Å². The third-order valence-corrected chi connectivity index (χ3v) is 2.51. The van der Waals surface area contributed by atoms with Crippen molar-refractivity contribution in [2.24, 2.45) is 0 Å². The third-order valence-electron chi connectivity index (χ3n) is 1.86. The van der Waals surface area contributed by atoms with Gasteiger partial charge in [-0.05, 0) is 48.0 Å². The largest absolute Gasteiger partial charge is 0.389 e. The van der Waals surface area contributed by atoms with E-state index < -0.39 is 17.3 Å². The molecule has 16 heavy (non-hydrogen) atoms. The predicted octanol–water partition coefficient (Wildman–Crippen LogP) is 2.09. The topological polar surface area (TPSA) is 49.3 Å². The summed E-state index contributed by atoms with van der Waals surface area (Å²) in [5.74, 6) is -0.899. The Hall–Kier alpha value is -0.940. The second-order valence-corrected chi connectivity index (χ2v) is 4.98. The van der Waals surface area contributed by atoms with Gasteiger partial charge in [-0.15, -0.1) is 0 Å². The van der Waals surface area contributed by atoms with Gasteiger partial charge in [0, 0.05) is 12.1 Å². The third kappa shape index (κ3) is 3.90. The first-order chi connectivity index (χ1) is 7.29. The molecule has 0 heterocycles. The van der Waals surface area contributed by atoms with Gasteiger partial charge in [0.05, 0.1) is 10.1 Å². The number of rotatable bonds is 3. The fraction of sp³-hybridized carbons (Fsp3) is 0.364. The lowest BCUT2D eigenvalue weighted by Gasteiger charge is -2.17. The molecule has 3 nitrogen and oxygen atoms in total. The van der Waals surface area contributed by atoms with E-state index in [1.807, 2.05) is 0 Å². The van der Waals surface area contributed by atoms with E-state index >= 15 is 0 Å². The number of benzene rings is 1. The number of hydrogen-bond donors (Lipinski definition) is 2. The molecule has 0 aliphatic carbocycles. The van der Waals surface area contributed by atoms with Crippen LogP contribution in [0.25, 0.3) is 0 Å². The van der Waals surface area contributed by atoms with Gasteiger partial charge in [0.2, 0.25) is 0 Å². The summed E-state index contributed by atoms with van der Waals surface area (Å²) in [6.45, 7) is 3.27. The van der Waals surface area contributed by atoms with Crippen LogP contribution in [0.2, 0.25) is 0 Å². The quantitative estimate of drug-likeness (QED) is 0.895. The summed E-state index contributed by atoms with van der Waals surface area (Å²) < 4.78 is 13.4. The highest BCUT2D eigenvalue weighted by molar-refractivity contribution is 9.10. The molecule has 0 bridgehead atoms.